The van der Waals surface area contributed by atoms with E-state index in [-0.39, 0.29) is 36.5 Å². The Morgan fingerprint density at radius 1 is 0.543 bits per heavy atom. The average Bonchev–Trinajstić information content (AvgIpc) is 3.38. The van der Waals surface area contributed by atoms with Crippen molar-refractivity contribution in [3.05, 3.63) is 190 Å². The molecule has 0 amide bonds. The third-order valence-electron chi connectivity index (χ3n) is 11.0. The van der Waals surface area contributed by atoms with Gasteiger partial charge in [-0.25, -0.2) is 19.2 Å². The predicted molar refractivity (Wildman–Crippen MR) is 251 cm³/mol. The number of halogens is 3. The van der Waals surface area contributed by atoms with E-state index in [1.54, 1.807) is 78.9 Å². The second kappa shape index (κ2) is 25.2. The number of ether oxygens (including phenoxy) is 10. The first-order valence-corrected chi connectivity index (χ1v) is 22.9. The molecule has 366 valence electrons. The van der Waals surface area contributed by atoms with E-state index in [1.165, 1.54) is 43.5 Å². The number of hydrogen-bond donors (Lipinski definition) is 0. The molecule has 2 heterocycles. The Morgan fingerprint density at radius 2 is 0.971 bits per heavy atom. The van der Waals surface area contributed by atoms with Crippen LogP contribution in [-0.4, -0.2) is 109 Å². The molecule has 7 rings (SSSR count). The molecule has 20 heteroatoms. The molecule has 0 N–H and O–H groups in total. The number of carbonyl (C=O) groups excluding carboxylic acids is 4. The molecule has 0 spiro atoms. The van der Waals surface area contributed by atoms with Crippen molar-refractivity contribution in [3.8, 4) is 0 Å². The standard InChI is InChI=1S/C50H46Cl3N3O14/c1-61-48-43(69-46(59)35-25-15-6-16-26-35)42(68-45(58)34-23-13-5-14-24-34)40(67-44(57)33-21-11-4-12-22-33)37(66-48)30-64-47-38(55-56-54)41(63-28-32-19-9-3-10-20-32)39(70-49(60)50(51,52)53)36(65-47)29-62-27-31-17-7-2-8-18-31/h2-26,36-43,47-48H,27-30H2,1H3/t36-,37-,38-,39-,40-,41-,42+,43-,47-,48+/m1/s1. The Morgan fingerprint density at radius 3 is 1.46 bits per heavy atom. The molecule has 17 nitrogen and oxygen atoms in total. The van der Waals surface area contributed by atoms with Crippen molar-refractivity contribution in [2.45, 2.75) is 78.4 Å². The van der Waals surface area contributed by atoms with Crippen LogP contribution in [0.2, 0.25) is 0 Å². The highest BCUT2D eigenvalue weighted by atomic mass is 35.6. The third-order valence-corrected chi connectivity index (χ3v) is 11.4. The molecule has 2 aliphatic heterocycles. The molecule has 0 unspecified atom stereocenters. The molecule has 2 fully saturated rings. The van der Waals surface area contributed by atoms with Gasteiger partial charge in [0, 0.05) is 12.0 Å². The minimum absolute atomic E-state index is 0.0918. The van der Waals surface area contributed by atoms with Crippen molar-refractivity contribution < 1.29 is 66.5 Å². The minimum atomic E-state index is -2.54. The van der Waals surface area contributed by atoms with E-state index >= 15 is 0 Å². The summed E-state index contributed by atoms with van der Waals surface area (Å²) in [6.07, 6.45) is -13.3. The Labute approximate surface area is 417 Å². The molecule has 0 radical (unpaired) electrons. The van der Waals surface area contributed by atoms with Crippen LogP contribution >= 0.6 is 34.8 Å². The normalized spacial score (nSPS) is 24.3. The van der Waals surface area contributed by atoms with Crippen molar-refractivity contribution in [3.63, 3.8) is 0 Å². The van der Waals surface area contributed by atoms with Crippen molar-refractivity contribution in [1.29, 1.82) is 0 Å². The van der Waals surface area contributed by atoms with E-state index in [9.17, 15) is 24.7 Å². The molecule has 2 saturated heterocycles. The average molecular weight is 1020 g/mol. The number of azide groups is 1. The van der Waals surface area contributed by atoms with Crippen LogP contribution < -0.4 is 0 Å². The summed E-state index contributed by atoms with van der Waals surface area (Å²) in [6.45, 7) is -0.843. The minimum Gasteiger partial charge on any atom is -0.454 e. The third kappa shape index (κ3) is 13.8. The molecule has 10 atom stereocenters. The Bertz CT molecular complexity index is 2530. The lowest BCUT2D eigenvalue weighted by atomic mass is 9.96. The second-order valence-corrected chi connectivity index (χ2v) is 18.0. The molecule has 70 heavy (non-hydrogen) atoms. The van der Waals surface area contributed by atoms with Gasteiger partial charge in [-0.2, -0.15) is 0 Å². The predicted octanol–water partition coefficient (Wildman–Crippen LogP) is 8.54. The summed E-state index contributed by atoms with van der Waals surface area (Å²) in [6, 6.07) is 40.6. The zero-order chi connectivity index (χ0) is 49.5. The highest BCUT2D eigenvalue weighted by molar-refractivity contribution is 6.75. The van der Waals surface area contributed by atoms with Gasteiger partial charge in [0.2, 0.25) is 0 Å². The summed E-state index contributed by atoms with van der Waals surface area (Å²) in [5.74, 6) is -3.85. The topological polar surface area (TPSA) is 209 Å². The van der Waals surface area contributed by atoms with Gasteiger partial charge < -0.3 is 47.4 Å². The van der Waals surface area contributed by atoms with E-state index in [0.29, 0.717) is 5.56 Å². The Balaban J connectivity index is 1.25. The number of esters is 4. The number of carbonyl (C=O) groups is 4. The van der Waals surface area contributed by atoms with Gasteiger partial charge in [-0.1, -0.05) is 155 Å². The van der Waals surface area contributed by atoms with Crippen LogP contribution in [0.4, 0.5) is 0 Å². The summed E-state index contributed by atoms with van der Waals surface area (Å²) in [5, 5.41) is 4.00. The maximum Gasteiger partial charge on any atom is 0.359 e. The van der Waals surface area contributed by atoms with E-state index in [1.807, 2.05) is 36.4 Å². The lowest BCUT2D eigenvalue weighted by Crippen LogP contribution is -2.64. The molecular weight excluding hydrogens is 973 g/mol. The number of hydrogen-bond acceptors (Lipinski definition) is 15. The molecule has 2 aliphatic rings. The second-order valence-electron chi connectivity index (χ2n) is 15.7. The van der Waals surface area contributed by atoms with E-state index < -0.39 is 95.6 Å². The summed E-state index contributed by atoms with van der Waals surface area (Å²) in [7, 11) is 1.27. The maximum absolute atomic E-state index is 14.0. The van der Waals surface area contributed by atoms with Gasteiger partial charge in [-0.05, 0) is 53.1 Å². The first-order chi connectivity index (χ1) is 33.9. The highest BCUT2D eigenvalue weighted by Gasteiger charge is 2.55. The van der Waals surface area contributed by atoms with Crippen molar-refractivity contribution in [2.75, 3.05) is 20.3 Å². The summed E-state index contributed by atoms with van der Waals surface area (Å²) >= 11 is 18.0. The summed E-state index contributed by atoms with van der Waals surface area (Å²) < 4.78 is 59.1. The first kappa shape index (κ1) is 51.8. The fourth-order valence-corrected chi connectivity index (χ4v) is 7.73. The van der Waals surface area contributed by atoms with Gasteiger partial charge in [0.15, 0.2) is 37.0 Å². The van der Waals surface area contributed by atoms with Gasteiger partial charge in [-0.3, -0.25) is 0 Å². The van der Waals surface area contributed by atoms with Crippen LogP contribution in [-0.2, 0) is 65.4 Å². The number of alkyl halides is 3. The molecule has 0 bridgehead atoms. The number of rotatable bonds is 19. The van der Waals surface area contributed by atoms with Crippen LogP contribution in [0.25, 0.3) is 10.4 Å². The molecule has 5 aromatic rings. The molecule has 5 aromatic carbocycles. The highest BCUT2D eigenvalue weighted by Crippen LogP contribution is 2.36. The zero-order valence-electron chi connectivity index (χ0n) is 37.2. The fraction of sp³-hybridized carbons (Fsp3) is 0.320. The van der Waals surface area contributed by atoms with Crippen LogP contribution in [0.15, 0.2) is 157 Å². The lowest BCUT2D eigenvalue weighted by molar-refractivity contribution is -0.316. The maximum atomic E-state index is 14.0. The van der Waals surface area contributed by atoms with Crippen LogP contribution in [0.1, 0.15) is 42.2 Å². The van der Waals surface area contributed by atoms with Crippen LogP contribution in [0.3, 0.4) is 0 Å². The quantitative estimate of drug-likeness (QED) is 0.0190. The van der Waals surface area contributed by atoms with Crippen LogP contribution in [0.5, 0.6) is 0 Å². The molecule has 0 saturated carbocycles. The lowest BCUT2D eigenvalue weighted by Gasteiger charge is -2.46. The Kier molecular flexibility index (Phi) is 18.6. The van der Waals surface area contributed by atoms with Crippen molar-refractivity contribution in [2.24, 2.45) is 5.11 Å². The summed E-state index contributed by atoms with van der Waals surface area (Å²) in [5.41, 5.74) is 11.9. The van der Waals surface area contributed by atoms with Crippen LogP contribution in [0, 0.1) is 0 Å². The zero-order valence-corrected chi connectivity index (χ0v) is 39.5. The fourth-order valence-electron chi connectivity index (χ4n) is 7.59. The molecular formula is C50H46Cl3N3O14. The molecule has 0 aromatic heterocycles. The van der Waals surface area contributed by atoms with E-state index in [4.69, 9.17) is 82.2 Å². The number of benzene rings is 5. The van der Waals surface area contributed by atoms with Crippen molar-refractivity contribution >= 4 is 58.7 Å². The van der Waals surface area contributed by atoms with Gasteiger partial charge in [0.1, 0.15) is 24.4 Å². The monoisotopic (exact) mass is 1020 g/mol. The van der Waals surface area contributed by atoms with E-state index in [0.717, 1.165) is 5.56 Å². The van der Waals surface area contributed by atoms with Gasteiger partial charge in [0.05, 0.1) is 43.1 Å². The smallest absolute Gasteiger partial charge is 0.359 e. The SMILES string of the molecule is CO[C@H]1O[C@H](CO[C@@H]2O[C@H](COCc3ccccc3)[C@@H](OC(=O)C(Cl)(Cl)Cl)[C@H](OCc3ccccc3)[C@H]2N=[N+]=[N-])[C@@H](OC(=O)c2ccccc2)[C@H](OC(=O)c2ccccc2)[C@H]1OC(=O)c1ccccc1. The van der Waals surface area contributed by atoms with Gasteiger partial charge >= 0.3 is 23.9 Å². The first-order valence-electron chi connectivity index (χ1n) is 21.8. The van der Waals surface area contributed by atoms with Gasteiger partial charge in [-0.15, -0.1) is 0 Å². The number of nitrogens with zero attached hydrogens (tertiary/aromatic N) is 3. The summed E-state index contributed by atoms with van der Waals surface area (Å²) in [4.78, 5) is 58.0. The largest absolute Gasteiger partial charge is 0.454 e. The number of methoxy groups -OCH3 is 1. The van der Waals surface area contributed by atoms with E-state index in [2.05, 4.69) is 10.0 Å². The molecule has 0 aliphatic carbocycles. The van der Waals surface area contributed by atoms with Gasteiger partial charge in [0.25, 0.3) is 3.79 Å². The Hall–Kier alpha value is -6.08. The van der Waals surface area contributed by atoms with Crippen molar-refractivity contribution in [1.82, 2.24) is 0 Å².